The van der Waals surface area contributed by atoms with Crippen molar-refractivity contribution in [1.82, 2.24) is 4.90 Å². The van der Waals surface area contributed by atoms with E-state index in [9.17, 15) is 13.2 Å². The van der Waals surface area contributed by atoms with Crippen LogP contribution in [0.5, 0.6) is 0 Å². The van der Waals surface area contributed by atoms with E-state index in [-0.39, 0.29) is 17.2 Å². The quantitative estimate of drug-likeness (QED) is 0.900. The molecule has 6 heteroatoms. The number of anilines is 1. The van der Waals surface area contributed by atoms with Crippen LogP contribution in [0.4, 0.5) is 5.69 Å². The van der Waals surface area contributed by atoms with Crippen LogP contribution in [-0.4, -0.2) is 43.8 Å². The van der Waals surface area contributed by atoms with Crippen molar-refractivity contribution in [3.63, 3.8) is 0 Å². The summed E-state index contributed by atoms with van der Waals surface area (Å²) in [7, 11) is -1.04. The van der Waals surface area contributed by atoms with E-state index < -0.39 is 9.84 Å². The van der Waals surface area contributed by atoms with Crippen LogP contribution in [-0.2, 0) is 21.2 Å². The summed E-state index contributed by atoms with van der Waals surface area (Å²) in [6.07, 6.45) is 3.96. The van der Waals surface area contributed by atoms with E-state index in [1.165, 1.54) is 13.2 Å². The number of nitrogens with one attached hydrogen (secondary N) is 1. The Bertz CT molecular complexity index is 643. The molecule has 22 heavy (non-hydrogen) atoms. The van der Waals surface area contributed by atoms with Gasteiger partial charge in [0, 0.05) is 31.5 Å². The molecule has 0 aromatic heterocycles. The monoisotopic (exact) mass is 324 g/mol. The van der Waals surface area contributed by atoms with Gasteiger partial charge >= 0.3 is 0 Å². The molecule has 0 unspecified atom stereocenters. The Balaban J connectivity index is 2.08. The first-order chi connectivity index (χ1) is 10.3. The van der Waals surface area contributed by atoms with E-state index in [1.54, 1.807) is 0 Å². The second-order valence-corrected chi connectivity index (χ2v) is 8.43. The first-order valence-electron chi connectivity index (χ1n) is 7.53. The third-order valence-electron chi connectivity index (χ3n) is 4.21. The van der Waals surface area contributed by atoms with Gasteiger partial charge < -0.3 is 5.32 Å². The van der Waals surface area contributed by atoms with Gasteiger partial charge in [-0.1, -0.05) is 18.6 Å². The molecule has 1 aliphatic rings. The van der Waals surface area contributed by atoms with Crippen LogP contribution in [0.25, 0.3) is 0 Å². The number of nitrogens with zero attached hydrogens (tertiary/aromatic N) is 1. The van der Waals surface area contributed by atoms with Crippen molar-refractivity contribution in [3.8, 4) is 0 Å². The smallest absolute Gasteiger partial charge is 0.221 e. The number of benzene rings is 1. The van der Waals surface area contributed by atoms with Crippen molar-refractivity contribution in [2.24, 2.45) is 0 Å². The zero-order valence-corrected chi connectivity index (χ0v) is 14.2. The van der Waals surface area contributed by atoms with Crippen molar-refractivity contribution in [1.29, 1.82) is 0 Å². The molecule has 1 amide bonds. The number of amides is 1. The maximum atomic E-state index is 11.9. The van der Waals surface area contributed by atoms with Gasteiger partial charge in [-0.05, 0) is 37.6 Å². The van der Waals surface area contributed by atoms with E-state index in [1.807, 2.05) is 31.3 Å². The molecule has 5 nitrogen and oxygen atoms in total. The minimum atomic E-state index is -3.01. The maximum Gasteiger partial charge on any atom is 0.221 e. The molecule has 0 bridgehead atoms. The Morgan fingerprint density at radius 3 is 2.73 bits per heavy atom. The largest absolute Gasteiger partial charge is 0.326 e. The second-order valence-electron chi connectivity index (χ2n) is 6.16. The van der Waals surface area contributed by atoms with Crippen molar-refractivity contribution >= 4 is 21.4 Å². The van der Waals surface area contributed by atoms with Crippen LogP contribution in [0.3, 0.4) is 0 Å². The molecule has 1 aromatic carbocycles. The number of hydrogen-bond acceptors (Lipinski definition) is 4. The third kappa shape index (κ3) is 4.30. The van der Waals surface area contributed by atoms with E-state index in [4.69, 9.17) is 0 Å². The van der Waals surface area contributed by atoms with Crippen LogP contribution < -0.4 is 5.32 Å². The molecule has 0 spiro atoms. The molecular weight excluding hydrogens is 300 g/mol. The summed E-state index contributed by atoms with van der Waals surface area (Å²) >= 11 is 0. The summed E-state index contributed by atoms with van der Waals surface area (Å²) in [5, 5.41) is 2.50. The van der Waals surface area contributed by atoms with Crippen LogP contribution in [0, 0.1) is 0 Å². The van der Waals surface area contributed by atoms with Gasteiger partial charge in [0.2, 0.25) is 5.91 Å². The van der Waals surface area contributed by atoms with Gasteiger partial charge in [0.05, 0.1) is 5.25 Å². The molecule has 0 aliphatic heterocycles. The minimum absolute atomic E-state index is 0.0689. The van der Waals surface area contributed by atoms with Gasteiger partial charge in [0.25, 0.3) is 0 Å². The highest BCUT2D eigenvalue weighted by molar-refractivity contribution is 7.91. The van der Waals surface area contributed by atoms with Crippen LogP contribution in [0.15, 0.2) is 24.3 Å². The van der Waals surface area contributed by atoms with Crippen molar-refractivity contribution in [3.05, 3.63) is 29.8 Å². The van der Waals surface area contributed by atoms with Gasteiger partial charge in [-0.2, -0.15) is 0 Å². The first-order valence-corrected chi connectivity index (χ1v) is 9.48. The second kappa shape index (κ2) is 6.79. The number of carbonyl (C=O) groups excluding carboxylic acids is 1. The molecule has 1 fully saturated rings. The summed E-state index contributed by atoms with van der Waals surface area (Å²) in [6.45, 7) is 2.15. The zero-order chi connectivity index (χ0) is 16.3. The van der Waals surface area contributed by atoms with E-state index in [2.05, 4.69) is 10.2 Å². The fourth-order valence-electron chi connectivity index (χ4n) is 3.27. The molecule has 2 rings (SSSR count). The van der Waals surface area contributed by atoms with E-state index in [0.29, 0.717) is 6.54 Å². The standard InChI is InChI=1S/C16H24N2O3S/c1-12(19)17-14-7-4-6-13(10-14)11-18(2)15-8-5-9-16(15)22(3,20)21/h4,6-7,10,15-16H,5,8-9,11H2,1-3H3,(H,17,19)/t15-,16-/m0/s1. The molecular formula is C16H24N2O3S. The Labute approximate surface area is 132 Å². The zero-order valence-electron chi connectivity index (χ0n) is 13.4. The maximum absolute atomic E-state index is 11.9. The molecule has 0 radical (unpaired) electrons. The lowest BCUT2D eigenvalue weighted by Crippen LogP contribution is -2.40. The Kier molecular flexibility index (Phi) is 5.24. The SMILES string of the molecule is CC(=O)Nc1cccc(CN(C)[C@H]2CCC[C@@H]2S(C)(=O)=O)c1. The van der Waals surface area contributed by atoms with Gasteiger partial charge in [-0.3, -0.25) is 9.69 Å². The first kappa shape index (κ1) is 17.0. The average Bonchev–Trinajstić information content (AvgIpc) is 2.87. The molecule has 1 N–H and O–H groups in total. The molecule has 1 aliphatic carbocycles. The van der Waals surface area contributed by atoms with Gasteiger partial charge in [0.15, 0.2) is 9.84 Å². The molecule has 122 valence electrons. The number of hydrogen-bond donors (Lipinski definition) is 1. The highest BCUT2D eigenvalue weighted by atomic mass is 32.2. The molecule has 1 saturated carbocycles. The number of rotatable bonds is 5. The summed E-state index contributed by atoms with van der Waals surface area (Å²) in [5.41, 5.74) is 1.83. The lowest BCUT2D eigenvalue weighted by Gasteiger charge is -2.28. The minimum Gasteiger partial charge on any atom is -0.326 e. The fourth-order valence-corrected chi connectivity index (χ4v) is 4.78. The predicted molar refractivity (Wildman–Crippen MR) is 88.5 cm³/mol. The van der Waals surface area contributed by atoms with Crippen LogP contribution >= 0.6 is 0 Å². The van der Waals surface area contributed by atoms with Crippen molar-refractivity contribution < 1.29 is 13.2 Å². The summed E-state index contributed by atoms with van der Waals surface area (Å²) in [4.78, 5) is 13.2. The molecule has 2 atom stereocenters. The summed E-state index contributed by atoms with van der Waals surface area (Å²) in [6, 6.07) is 7.74. The predicted octanol–water partition coefficient (Wildman–Crippen LogP) is 2.04. The molecule has 0 heterocycles. The lowest BCUT2D eigenvalue weighted by molar-refractivity contribution is -0.114. The number of sulfone groups is 1. The van der Waals surface area contributed by atoms with Crippen LogP contribution in [0.2, 0.25) is 0 Å². The Morgan fingerprint density at radius 1 is 1.36 bits per heavy atom. The van der Waals surface area contributed by atoms with Gasteiger partial charge in [-0.25, -0.2) is 8.42 Å². The van der Waals surface area contributed by atoms with Gasteiger partial charge in [-0.15, -0.1) is 0 Å². The van der Waals surface area contributed by atoms with Crippen molar-refractivity contribution in [2.75, 3.05) is 18.6 Å². The number of carbonyl (C=O) groups is 1. The molecule has 1 aromatic rings. The molecule has 0 saturated heterocycles. The highest BCUT2D eigenvalue weighted by Crippen LogP contribution is 2.29. The third-order valence-corrected chi connectivity index (χ3v) is 5.86. The summed E-state index contributed by atoms with van der Waals surface area (Å²) in [5.74, 6) is -0.0987. The van der Waals surface area contributed by atoms with E-state index in [0.717, 1.165) is 30.5 Å². The Morgan fingerprint density at radius 2 is 2.09 bits per heavy atom. The topological polar surface area (TPSA) is 66.5 Å². The van der Waals surface area contributed by atoms with E-state index >= 15 is 0 Å². The summed E-state index contributed by atoms with van der Waals surface area (Å²) < 4.78 is 23.8. The van der Waals surface area contributed by atoms with Crippen molar-refractivity contribution in [2.45, 2.75) is 44.0 Å². The Hall–Kier alpha value is -1.40. The van der Waals surface area contributed by atoms with Crippen LogP contribution in [0.1, 0.15) is 31.7 Å². The van der Waals surface area contributed by atoms with Gasteiger partial charge in [0.1, 0.15) is 0 Å². The lowest BCUT2D eigenvalue weighted by atomic mass is 10.1. The highest BCUT2D eigenvalue weighted by Gasteiger charge is 2.36. The average molecular weight is 324 g/mol. The fraction of sp³-hybridized carbons (Fsp3) is 0.562. The normalized spacial score (nSPS) is 22.0.